The largest absolute Gasteiger partial charge is 0.750 e. The summed E-state index contributed by atoms with van der Waals surface area (Å²) >= 11 is -2.58. The molecule has 0 saturated heterocycles. The molecule has 0 heterocycles. The molecule has 0 aromatic heterocycles. The molecular weight excluding hydrogens is 208 g/mol. The summed E-state index contributed by atoms with van der Waals surface area (Å²) in [5.41, 5.74) is 0.594. The van der Waals surface area contributed by atoms with Crippen LogP contribution in [0.3, 0.4) is 0 Å². The number of carbonyl (C=O) groups is 1. The van der Waals surface area contributed by atoms with Gasteiger partial charge in [-0.15, -0.1) is 0 Å². The lowest BCUT2D eigenvalue weighted by Crippen LogP contribution is -2.00. The van der Waals surface area contributed by atoms with E-state index in [2.05, 4.69) is 4.18 Å². The van der Waals surface area contributed by atoms with Crippen LogP contribution in [-0.2, 0) is 22.2 Å². The van der Waals surface area contributed by atoms with Crippen molar-refractivity contribution in [3.05, 3.63) is 35.4 Å². The fourth-order valence-electron chi connectivity index (χ4n) is 0.910. The molecule has 6 heteroatoms. The van der Waals surface area contributed by atoms with Crippen molar-refractivity contribution in [1.29, 1.82) is 0 Å². The van der Waals surface area contributed by atoms with Crippen LogP contribution in [0.4, 0.5) is 0 Å². The zero-order valence-corrected chi connectivity index (χ0v) is 7.82. The zero-order chi connectivity index (χ0) is 10.6. The van der Waals surface area contributed by atoms with Crippen molar-refractivity contribution in [3.8, 4) is 0 Å². The third-order valence-corrected chi connectivity index (χ3v) is 1.81. The van der Waals surface area contributed by atoms with E-state index in [4.69, 9.17) is 5.11 Å². The predicted octanol–water partition coefficient (Wildman–Crippen LogP) is 0.696. The van der Waals surface area contributed by atoms with E-state index >= 15 is 0 Å². The van der Waals surface area contributed by atoms with Crippen LogP contribution in [0.15, 0.2) is 24.3 Å². The summed E-state index contributed by atoms with van der Waals surface area (Å²) in [7, 11) is 0. The van der Waals surface area contributed by atoms with Crippen LogP contribution in [-0.4, -0.2) is 19.8 Å². The van der Waals surface area contributed by atoms with Gasteiger partial charge in [0.1, 0.15) is 0 Å². The van der Waals surface area contributed by atoms with Gasteiger partial charge in [0.2, 0.25) is 0 Å². The van der Waals surface area contributed by atoms with Crippen LogP contribution in [0.5, 0.6) is 0 Å². The lowest BCUT2D eigenvalue weighted by Gasteiger charge is -2.05. The lowest BCUT2D eigenvalue weighted by molar-refractivity contribution is 0.0696. The first-order valence-corrected chi connectivity index (χ1v) is 4.64. The van der Waals surface area contributed by atoms with E-state index in [0.717, 1.165) is 0 Å². The molecule has 0 radical (unpaired) electrons. The number of rotatable bonds is 4. The molecule has 1 aromatic carbocycles. The first-order valence-electron chi connectivity index (χ1n) is 3.64. The molecule has 0 aliphatic carbocycles. The van der Waals surface area contributed by atoms with Crippen molar-refractivity contribution in [2.45, 2.75) is 6.61 Å². The van der Waals surface area contributed by atoms with Crippen molar-refractivity contribution in [2.75, 3.05) is 0 Å². The molecular formula is C8H7O5S-. The van der Waals surface area contributed by atoms with Gasteiger partial charge in [-0.2, -0.15) is 0 Å². The van der Waals surface area contributed by atoms with Gasteiger partial charge in [-0.1, -0.05) is 12.1 Å². The van der Waals surface area contributed by atoms with Crippen LogP contribution < -0.4 is 0 Å². The van der Waals surface area contributed by atoms with E-state index in [1.54, 1.807) is 6.07 Å². The third kappa shape index (κ3) is 3.25. The molecule has 1 unspecified atom stereocenters. The van der Waals surface area contributed by atoms with Crippen molar-refractivity contribution in [2.24, 2.45) is 0 Å². The predicted molar refractivity (Wildman–Crippen MR) is 47.1 cm³/mol. The highest BCUT2D eigenvalue weighted by Gasteiger charge is 2.02. The zero-order valence-electron chi connectivity index (χ0n) is 7.00. The molecule has 14 heavy (non-hydrogen) atoms. The van der Waals surface area contributed by atoms with Gasteiger partial charge in [-0.25, -0.2) is 9.00 Å². The van der Waals surface area contributed by atoms with E-state index in [-0.39, 0.29) is 12.2 Å². The minimum absolute atomic E-state index is 0.0998. The summed E-state index contributed by atoms with van der Waals surface area (Å²) in [6.45, 7) is -0.156. The Bertz CT molecular complexity index is 363. The molecule has 0 aliphatic rings. The van der Waals surface area contributed by atoms with Crippen LogP contribution in [0.2, 0.25) is 0 Å². The molecule has 5 nitrogen and oxygen atoms in total. The number of carboxylic acid groups (broad SMARTS) is 1. The average Bonchev–Trinajstić information content (AvgIpc) is 2.15. The van der Waals surface area contributed by atoms with Crippen LogP contribution in [0.25, 0.3) is 0 Å². The first kappa shape index (κ1) is 10.8. The summed E-state index contributed by atoms with van der Waals surface area (Å²) < 4.78 is 24.4. The maximum atomic E-state index is 10.5. The minimum Gasteiger partial charge on any atom is -0.750 e. The number of carboxylic acids is 1. The van der Waals surface area contributed by atoms with Crippen LogP contribution in [0, 0.1) is 0 Å². The third-order valence-electron chi connectivity index (χ3n) is 1.50. The van der Waals surface area contributed by atoms with Gasteiger partial charge in [0.25, 0.3) is 0 Å². The van der Waals surface area contributed by atoms with Gasteiger partial charge in [0.05, 0.1) is 23.5 Å². The number of aromatic carboxylic acids is 1. The fraction of sp³-hybridized carbons (Fsp3) is 0.125. The second-order valence-corrected chi connectivity index (χ2v) is 3.12. The Morgan fingerprint density at radius 1 is 1.57 bits per heavy atom. The summed E-state index contributed by atoms with van der Waals surface area (Å²) in [5, 5.41) is 8.62. The quantitative estimate of drug-likeness (QED) is 0.747. The average molecular weight is 215 g/mol. The monoisotopic (exact) mass is 215 g/mol. The highest BCUT2D eigenvalue weighted by molar-refractivity contribution is 7.74. The Labute approximate surface area is 82.8 Å². The van der Waals surface area contributed by atoms with Crippen LogP contribution >= 0.6 is 0 Å². The van der Waals surface area contributed by atoms with Gasteiger partial charge < -0.3 is 9.66 Å². The van der Waals surface area contributed by atoms with E-state index in [1.807, 2.05) is 0 Å². The Kier molecular flexibility index (Phi) is 3.75. The van der Waals surface area contributed by atoms with E-state index in [9.17, 15) is 13.6 Å². The topological polar surface area (TPSA) is 86.7 Å². The molecule has 1 aromatic rings. The second kappa shape index (κ2) is 4.85. The Morgan fingerprint density at radius 2 is 2.29 bits per heavy atom. The molecule has 1 atom stereocenters. The van der Waals surface area contributed by atoms with E-state index in [1.165, 1.54) is 18.2 Å². The summed E-state index contributed by atoms with van der Waals surface area (Å²) in [5.74, 6) is -1.06. The Morgan fingerprint density at radius 3 is 2.86 bits per heavy atom. The molecule has 1 N–H and O–H groups in total. The van der Waals surface area contributed by atoms with Gasteiger partial charge in [0.15, 0.2) is 0 Å². The number of hydrogen-bond acceptors (Lipinski definition) is 4. The number of hydrogen-bond donors (Lipinski definition) is 1. The van der Waals surface area contributed by atoms with E-state index < -0.39 is 17.3 Å². The van der Waals surface area contributed by atoms with Gasteiger partial charge >= 0.3 is 5.97 Å². The number of benzene rings is 1. The molecule has 0 saturated carbocycles. The minimum atomic E-state index is -2.58. The molecule has 0 spiro atoms. The molecule has 76 valence electrons. The SMILES string of the molecule is O=C(O)c1cccc(COS(=O)[O-])c1. The maximum absolute atomic E-state index is 10.5. The van der Waals surface area contributed by atoms with Crippen LogP contribution in [0.1, 0.15) is 15.9 Å². The Balaban J connectivity index is 2.73. The van der Waals surface area contributed by atoms with Gasteiger partial charge in [0, 0.05) is 0 Å². The normalized spacial score (nSPS) is 12.4. The highest BCUT2D eigenvalue weighted by atomic mass is 32.2. The molecule has 0 aliphatic heterocycles. The molecule has 1 rings (SSSR count). The van der Waals surface area contributed by atoms with Crippen molar-refractivity contribution >= 4 is 17.3 Å². The summed E-state index contributed by atoms with van der Waals surface area (Å²) in [4.78, 5) is 10.5. The summed E-state index contributed by atoms with van der Waals surface area (Å²) in [6, 6.07) is 5.88. The Hall–Kier alpha value is -1.24. The van der Waals surface area contributed by atoms with Gasteiger partial charge in [-0.3, -0.25) is 4.18 Å². The molecule has 0 bridgehead atoms. The van der Waals surface area contributed by atoms with Crippen molar-refractivity contribution in [1.82, 2.24) is 0 Å². The fourth-order valence-corrected chi connectivity index (χ4v) is 1.14. The highest BCUT2D eigenvalue weighted by Crippen LogP contribution is 2.06. The molecule has 0 fully saturated rings. The standard InChI is InChI=1S/C8H8O5S/c9-8(10)7-3-1-2-6(4-7)5-13-14(11)12/h1-4H,5H2,(H,9,10)(H,11,12)/p-1. The second-order valence-electron chi connectivity index (χ2n) is 2.47. The smallest absolute Gasteiger partial charge is 0.335 e. The van der Waals surface area contributed by atoms with E-state index in [0.29, 0.717) is 5.56 Å². The lowest BCUT2D eigenvalue weighted by atomic mass is 10.1. The van der Waals surface area contributed by atoms with Crippen molar-refractivity contribution in [3.63, 3.8) is 0 Å². The molecule has 0 amide bonds. The van der Waals surface area contributed by atoms with Crippen molar-refractivity contribution < 1.29 is 22.8 Å². The maximum Gasteiger partial charge on any atom is 0.335 e. The summed E-state index contributed by atoms with van der Waals surface area (Å²) in [6.07, 6.45) is 0. The first-order chi connectivity index (χ1) is 6.59. The van der Waals surface area contributed by atoms with Gasteiger partial charge in [-0.05, 0) is 17.7 Å².